The third kappa shape index (κ3) is 3.89. The van der Waals surface area contributed by atoms with Gasteiger partial charge in [-0.05, 0) is 38.5 Å². The number of alkyl halides is 2. The zero-order chi connectivity index (χ0) is 14.6. The number of primary amides is 1. The van der Waals surface area contributed by atoms with E-state index in [1.807, 2.05) is 13.8 Å². The van der Waals surface area contributed by atoms with Gasteiger partial charge in [0.25, 0.3) is 0 Å². The molecule has 0 heterocycles. The van der Waals surface area contributed by atoms with Gasteiger partial charge in [0, 0.05) is 6.04 Å². The van der Waals surface area contributed by atoms with Gasteiger partial charge in [-0.2, -0.15) is 8.78 Å². The minimum atomic E-state index is -2.91. The van der Waals surface area contributed by atoms with Crippen molar-refractivity contribution >= 4 is 5.91 Å². The lowest BCUT2D eigenvalue weighted by atomic mass is 9.90. The molecule has 0 aliphatic heterocycles. The summed E-state index contributed by atoms with van der Waals surface area (Å²) in [5.74, 6) is -0.596. The third-order valence-electron chi connectivity index (χ3n) is 2.71. The zero-order valence-electron chi connectivity index (χ0n) is 11.1. The van der Waals surface area contributed by atoms with E-state index in [0.717, 1.165) is 0 Å². The van der Waals surface area contributed by atoms with Crippen LogP contribution in [0.25, 0.3) is 0 Å². The van der Waals surface area contributed by atoms with Gasteiger partial charge in [-0.15, -0.1) is 0 Å². The molecule has 0 aliphatic carbocycles. The Morgan fingerprint density at radius 2 is 2.05 bits per heavy atom. The predicted molar refractivity (Wildman–Crippen MR) is 67.9 cm³/mol. The lowest BCUT2D eigenvalue weighted by Crippen LogP contribution is -2.52. The highest BCUT2D eigenvalue weighted by Gasteiger charge is 2.33. The molecule has 0 aromatic heterocycles. The summed E-state index contributed by atoms with van der Waals surface area (Å²) in [6, 6.07) is 5.95. The van der Waals surface area contributed by atoms with E-state index in [1.54, 1.807) is 13.0 Å². The highest BCUT2D eigenvalue weighted by Crippen LogP contribution is 2.25. The number of nitrogens with two attached hydrogens (primary N) is 1. The first-order valence-corrected chi connectivity index (χ1v) is 5.88. The monoisotopic (exact) mass is 272 g/mol. The van der Waals surface area contributed by atoms with Crippen molar-refractivity contribution in [3.8, 4) is 5.75 Å². The second-order valence-corrected chi connectivity index (χ2v) is 4.69. The van der Waals surface area contributed by atoms with Gasteiger partial charge in [0.2, 0.25) is 5.91 Å². The number of benzene rings is 1. The Hall–Kier alpha value is -1.69. The van der Waals surface area contributed by atoms with Gasteiger partial charge in [-0.25, -0.2) is 0 Å². The number of hydrogen-bond donors (Lipinski definition) is 2. The maximum absolute atomic E-state index is 12.2. The van der Waals surface area contributed by atoms with Gasteiger partial charge >= 0.3 is 6.61 Å². The molecule has 1 unspecified atom stereocenters. The minimum absolute atomic E-state index is 0.00262. The molecule has 106 valence electrons. The van der Waals surface area contributed by atoms with Crippen molar-refractivity contribution in [3.05, 3.63) is 29.8 Å². The molecule has 0 saturated carbocycles. The second kappa shape index (κ2) is 5.97. The zero-order valence-corrected chi connectivity index (χ0v) is 11.1. The van der Waals surface area contributed by atoms with Crippen molar-refractivity contribution in [1.29, 1.82) is 0 Å². The number of carbonyl (C=O) groups is 1. The van der Waals surface area contributed by atoms with E-state index in [4.69, 9.17) is 5.73 Å². The van der Waals surface area contributed by atoms with Crippen molar-refractivity contribution in [2.75, 3.05) is 0 Å². The van der Waals surface area contributed by atoms with Gasteiger partial charge in [-0.3, -0.25) is 10.1 Å². The Morgan fingerprint density at radius 3 is 2.53 bits per heavy atom. The standard InChI is InChI=1S/C13H18F2N2O2/c1-8(2)17-13(3,11(16)18)9-5-4-6-10(7-9)19-12(14)15/h4-8,12,17H,1-3H3,(H2,16,18). The van der Waals surface area contributed by atoms with E-state index in [1.165, 1.54) is 18.2 Å². The van der Waals surface area contributed by atoms with Crippen molar-refractivity contribution < 1.29 is 18.3 Å². The maximum atomic E-state index is 12.2. The Labute approximate surface area is 110 Å². The van der Waals surface area contributed by atoms with Crippen LogP contribution in [-0.4, -0.2) is 18.6 Å². The maximum Gasteiger partial charge on any atom is 0.387 e. The Bertz CT molecular complexity index is 452. The number of carbonyl (C=O) groups excluding carboxylic acids is 1. The summed E-state index contributed by atoms with van der Waals surface area (Å²) in [5, 5.41) is 3.03. The number of nitrogens with one attached hydrogen (secondary N) is 1. The fourth-order valence-corrected chi connectivity index (χ4v) is 1.86. The summed E-state index contributed by atoms with van der Waals surface area (Å²) >= 11 is 0. The van der Waals surface area contributed by atoms with Crippen LogP contribution in [0.3, 0.4) is 0 Å². The number of halogens is 2. The lowest BCUT2D eigenvalue weighted by Gasteiger charge is -2.30. The van der Waals surface area contributed by atoms with Gasteiger partial charge in [0.05, 0.1) is 0 Å². The van der Waals surface area contributed by atoms with Crippen LogP contribution in [0.15, 0.2) is 24.3 Å². The average molecular weight is 272 g/mol. The van der Waals surface area contributed by atoms with Crippen LogP contribution in [0.2, 0.25) is 0 Å². The highest BCUT2D eigenvalue weighted by atomic mass is 19.3. The Kier molecular flexibility index (Phi) is 4.83. The molecule has 0 spiro atoms. The third-order valence-corrected chi connectivity index (χ3v) is 2.71. The van der Waals surface area contributed by atoms with Crippen LogP contribution in [0, 0.1) is 0 Å². The van der Waals surface area contributed by atoms with E-state index in [-0.39, 0.29) is 11.8 Å². The molecular weight excluding hydrogens is 254 g/mol. The molecule has 0 radical (unpaired) electrons. The smallest absolute Gasteiger partial charge is 0.387 e. The molecule has 1 rings (SSSR count). The summed E-state index contributed by atoms with van der Waals surface area (Å²) in [6.07, 6.45) is 0. The van der Waals surface area contributed by atoms with Gasteiger partial charge in [-0.1, -0.05) is 12.1 Å². The van der Waals surface area contributed by atoms with E-state index >= 15 is 0 Å². The number of ether oxygens (including phenoxy) is 1. The topological polar surface area (TPSA) is 64.3 Å². The van der Waals surface area contributed by atoms with E-state index in [0.29, 0.717) is 5.56 Å². The first-order valence-electron chi connectivity index (χ1n) is 5.88. The first-order chi connectivity index (χ1) is 8.75. The lowest BCUT2D eigenvalue weighted by molar-refractivity contribution is -0.124. The molecule has 19 heavy (non-hydrogen) atoms. The van der Waals surface area contributed by atoms with Crippen LogP contribution >= 0.6 is 0 Å². The molecule has 0 bridgehead atoms. The van der Waals surface area contributed by atoms with Crippen LogP contribution in [-0.2, 0) is 10.3 Å². The molecule has 1 atom stereocenters. The van der Waals surface area contributed by atoms with E-state index < -0.39 is 18.1 Å². The molecule has 1 aromatic carbocycles. The fourth-order valence-electron chi connectivity index (χ4n) is 1.86. The molecule has 0 saturated heterocycles. The predicted octanol–water partition coefficient (Wildman–Crippen LogP) is 1.99. The Morgan fingerprint density at radius 1 is 1.42 bits per heavy atom. The SMILES string of the molecule is CC(C)NC(C)(C(N)=O)c1cccc(OC(F)F)c1. The average Bonchev–Trinajstić information content (AvgIpc) is 2.27. The largest absolute Gasteiger partial charge is 0.435 e. The molecule has 1 amide bonds. The van der Waals surface area contributed by atoms with Crippen molar-refractivity contribution in [2.24, 2.45) is 5.73 Å². The first kappa shape index (κ1) is 15.4. The molecule has 0 fully saturated rings. The molecule has 0 aliphatic rings. The Balaban J connectivity index is 3.13. The fraction of sp³-hybridized carbons (Fsp3) is 0.462. The van der Waals surface area contributed by atoms with Gasteiger partial charge < -0.3 is 10.5 Å². The van der Waals surface area contributed by atoms with Crippen LogP contribution < -0.4 is 15.8 Å². The van der Waals surface area contributed by atoms with E-state index in [2.05, 4.69) is 10.1 Å². The van der Waals surface area contributed by atoms with Crippen molar-refractivity contribution in [2.45, 2.75) is 39.0 Å². The normalized spacial score (nSPS) is 14.5. The summed E-state index contributed by atoms with van der Waals surface area (Å²) in [7, 11) is 0. The van der Waals surface area contributed by atoms with Crippen LogP contribution in [0.1, 0.15) is 26.3 Å². The van der Waals surface area contributed by atoms with Gasteiger partial charge in [0.1, 0.15) is 11.3 Å². The summed E-state index contributed by atoms with van der Waals surface area (Å²) < 4.78 is 28.7. The summed E-state index contributed by atoms with van der Waals surface area (Å²) in [4.78, 5) is 11.7. The van der Waals surface area contributed by atoms with Gasteiger partial charge in [0.15, 0.2) is 0 Å². The van der Waals surface area contributed by atoms with Crippen molar-refractivity contribution in [1.82, 2.24) is 5.32 Å². The number of hydrogen-bond acceptors (Lipinski definition) is 3. The van der Waals surface area contributed by atoms with E-state index in [9.17, 15) is 13.6 Å². The molecular formula is C13H18F2N2O2. The molecule has 6 heteroatoms. The van der Waals surface area contributed by atoms with Crippen LogP contribution in [0.4, 0.5) is 8.78 Å². The minimum Gasteiger partial charge on any atom is -0.435 e. The summed E-state index contributed by atoms with van der Waals surface area (Å²) in [5.41, 5.74) is 4.75. The summed E-state index contributed by atoms with van der Waals surface area (Å²) in [6.45, 7) is 2.42. The molecule has 4 nitrogen and oxygen atoms in total. The van der Waals surface area contributed by atoms with Crippen LogP contribution in [0.5, 0.6) is 5.75 Å². The highest BCUT2D eigenvalue weighted by molar-refractivity contribution is 5.85. The molecule has 3 N–H and O–H groups in total. The quantitative estimate of drug-likeness (QED) is 0.832. The molecule has 1 aromatic rings. The number of rotatable bonds is 6. The second-order valence-electron chi connectivity index (χ2n) is 4.69. The van der Waals surface area contributed by atoms with Crippen molar-refractivity contribution in [3.63, 3.8) is 0 Å². The number of amides is 1.